The molecule has 9 heteroatoms. The molecule has 0 bridgehead atoms. The quantitative estimate of drug-likeness (QED) is 0.476. The minimum absolute atomic E-state index is 0.121. The van der Waals surface area contributed by atoms with Crippen molar-refractivity contribution in [3.8, 4) is 17.0 Å². The third-order valence-electron chi connectivity index (χ3n) is 4.52. The summed E-state index contributed by atoms with van der Waals surface area (Å²) in [6.07, 6.45) is 0. The second-order valence-electron chi connectivity index (χ2n) is 7.12. The van der Waals surface area contributed by atoms with Crippen LogP contribution in [0.1, 0.15) is 18.1 Å². The van der Waals surface area contributed by atoms with Gasteiger partial charge < -0.3 is 10.1 Å². The van der Waals surface area contributed by atoms with Crippen molar-refractivity contribution in [1.82, 2.24) is 14.6 Å². The van der Waals surface area contributed by atoms with Crippen LogP contribution in [-0.4, -0.2) is 33.0 Å². The zero-order chi connectivity index (χ0) is 22.0. The first-order valence-corrected chi connectivity index (χ1v) is 10.5. The number of aryl methyl sites for hydroxylation is 2. The number of hydrogen-bond donors (Lipinski definition) is 2. The van der Waals surface area contributed by atoms with E-state index in [1.54, 1.807) is 4.52 Å². The largest absolute Gasteiger partial charge is 0.483 e. The predicted octanol–water partition coefficient (Wildman–Crippen LogP) is 4.05. The molecule has 0 aliphatic heterocycles. The molecule has 31 heavy (non-hydrogen) atoms. The first-order chi connectivity index (χ1) is 14.9. The molecule has 2 aromatic carbocycles. The highest BCUT2D eigenvalue weighted by Gasteiger charge is 2.14. The fraction of sp³-hybridized carbons (Fsp3) is 0.182. The van der Waals surface area contributed by atoms with E-state index >= 15 is 0 Å². The van der Waals surface area contributed by atoms with E-state index in [1.807, 2.05) is 61.7 Å². The molecule has 0 aliphatic carbocycles. The molecule has 2 heterocycles. The van der Waals surface area contributed by atoms with E-state index in [4.69, 9.17) is 4.74 Å². The normalized spacial score (nSPS) is 10.8. The lowest BCUT2D eigenvalue weighted by molar-refractivity contribution is -0.118. The van der Waals surface area contributed by atoms with Crippen molar-refractivity contribution >= 4 is 39.7 Å². The Labute approximate surface area is 182 Å². The van der Waals surface area contributed by atoms with Crippen LogP contribution in [0.4, 0.5) is 11.6 Å². The van der Waals surface area contributed by atoms with E-state index in [0.717, 1.165) is 28.1 Å². The highest BCUT2D eigenvalue weighted by Crippen LogP contribution is 2.27. The number of anilines is 2. The average Bonchev–Trinajstić information content (AvgIpc) is 3.28. The molecule has 2 amide bonds. The van der Waals surface area contributed by atoms with E-state index in [1.165, 1.54) is 18.3 Å². The Morgan fingerprint density at radius 3 is 2.58 bits per heavy atom. The highest BCUT2D eigenvalue weighted by atomic mass is 32.1. The minimum Gasteiger partial charge on any atom is -0.483 e. The van der Waals surface area contributed by atoms with Gasteiger partial charge in [-0.05, 0) is 37.6 Å². The van der Waals surface area contributed by atoms with E-state index in [-0.39, 0.29) is 24.4 Å². The Morgan fingerprint density at radius 1 is 1.10 bits per heavy atom. The first kappa shape index (κ1) is 20.5. The molecule has 8 nitrogen and oxygen atoms in total. The summed E-state index contributed by atoms with van der Waals surface area (Å²) in [6.45, 7) is 5.28. The summed E-state index contributed by atoms with van der Waals surface area (Å²) < 4.78 is 7.29. The van der Waals surface area contributed by atoms with Gasteiger partial charge in [-0.15, -0.1) is 16.4 Å². The van der Waals surface area contributed by atoms with Gasteiger partial charge in [0.1, 0.15) is 5.75 Å². The zero-order valence-electron chi connectivity index (χ0n) is 17.3. The topological polar surface area (TPSA) is 97.6 Å². The molecule has 0 saturated heterocycles. The van der Waals surface area contributed by atoms with Crippen LogP contribution in [0, 0.1) is 13.8 Å². The maximum atomic E-state index is 12.3. The van der Waals surface area contributed by atoms with Crippen molar-refractivity contribution in [3.63, 3.8) is 0 Å². The second-order valence-corrected chi connectivity index (χ2v) is 7.95. The molecule has 158 valence electrons. The van der Waals surface area contributed by atoms with Gasteiger partial charge in [-0.3, -0.25) is 14.9 Å². The number of carbonyl (C=O) groups excluding carboxylic acids is 2. The van der Waals surface area contributed by atoms with E-state index in [9.17, 15) is 9.59 Å². The summed E-state index contributed by atoms with van der Waals surface area (Å²) in [6, 6.07) is 13.2. The number of hydrogen-bond acceptors (Lipinski definition) is 6. The number of thiazole rings is 1. The molecule has 2 N–H and O–H groups in total. The molecular formula is C22H21N5O3S. The number of benzene rings is 2. The molecule has 0 unspecified atom stereocenters. The summed E-state index contributed by atoms with van der Waals surface area (Å²) >= 11 is 1.42. The van der Waals surface area contributed by atoms with Gasteiger partial charge in [0, 0.05) is 23.6 Å². The summed E-state index contributed by atoms with van der Waals surface area (Å²) in [7, 11) is 0. The molecule has 0 aliphatic rings. The standard InChI is InChI=1S/C22H21N5O3S/c1-13-4-9-19(14(2)10-13)30-11-20(29)24-21-25-22-27(26-21)18(12-31-22)16-5-7-17(8-6-16)23-15(3)28/h4-10,12H,11H2,1-3H3,(H,23,28)(H,24,26,29). The maximum Gasteiger partial charge on any atom is 0.264 e. The number of amides is 2. The van der Waals surface area contributed by atoms with Gasteiger partial charge in [0.15, 0.2) is 6.61 Å². The molecule has 0 atom stereocenters. The summed E-state index contributed by atoms with van der Waals surface area (Å²) in [4.78, 5) is 28.5. The molecule has 0 radical (unpaired) electrons. The van der Waals surface area contributed by atoms with Crippen molar-refractivity contribution < 1.29 is 14.3 Å². The van der Waals surface area contributed by atoms with Crippen LogP contribution in [-0.2, 0) is 9.59 Å². The third kappa shape index (κ3) is 4.72. The van der Waals surface area contributed by atoms with Gasteiger partial charge >= 0.3 is 0 Å². The number of aromatic nitrogens is 3. The molecule has 2 aromatic heterocycles. The first-order valence-electron chi connectivity index (χ1n) is 9.61. The van der Waals surface area contributed by atoms with Gasteiger partial charge in [0.2, 0.25) is 10.9 Å². The van der Waals surface area contributed by atoms with Gasteiger partial charge in [-0.1, -0.05) is 29.8 Å². The van der Waals surface area contributed by atoms with Crippen LogP contribution >= 0.6 is 11.3 Å². The number of nitrogens with one attached hydrogen (secondary N) is 2. The third-order valence-corrected chi connectivity index (χ3v) is 5.34. The monoisotopic (exact) mass is 435 g/mol. The van der Waals surface area contributed by atoms with Gasteiger partial charge in [0.05, 0.1) is 5.69 Å². The van der Waals surface area contributed by atoms with Gasteiger partial charge in [-0.25, -0.2) is 4.52 Å². The lowest BCUT2D eigenvalue weighted by Gasteiger charge is -2.09. The minimum atomic E-state index is -0.334. The van der Waals surface area contributed by atoms with Crippen molar-refractivity contribution in [2.24, 2.45) is 0 Å². The Bertz CT molecular complexity index is 1260. The summed E-state index contributed by atoms with van der Waals surface area (Å²) in [5.41, 5.74) is 4.59. The average molecular weight is 436 g/mol. The SMILES string of the molecule is CC(=O)Nc1ccc(-c2csc3nc(NC(=O)COc4ccc(C)cc4C)nn23)cc1. The number of nitrogens with zero attached hydrogens (tertiary/aromatic N) is 3. The molecular weight excluding hydrogens is 414 g/mol. The van der Waals surface area contributed by atoms with E-state index in [0.29, 0.717) is 10.7 Å². The van der Waals surface area contributed by atoms with Crippen LogP contribution in [0.25, 0.3) is 16.2 Å². The van der Waals surface area contributed by atoms with Crippen LogP contribution in [0.5, 0.6) is 5.75 Å². The zero-order valence-corrected chi connectivity index (χ0v) is 18.1. The van der Waals surface area contributed by atoms with Crippen LogP contribution < -0.4 is 15.4 Å². The fourth-order valence-corrected chi connectivity index (χ4v) is 3.96. The lowest BCUT2D eigenvalue weighted by Crippen LogP contribution is -2.21. The van der Waals surface area contributed by atoms with Crippen molar-refractivity contribution in [1.29, 1.82) is 0 Å². The maximum absolute atomic E-state index is 12.3. The number of rotatable bonds is 6. The Kier molecular flexibility index (Phi) is 5.68. The van der Waals surface area contributed by atoms with Crippen LogP contribution in [0.3, 0.4) is 0 Å². The second kappa shape index (κ2) is 8.57. The fourth-order valence-electron chi connectivity index (χ4n) is 3.13. The number of ether oxygens (including phenoxy) is 1. The van der Waals surface area contributed by atoms with E-state index in [2.05, 4.69) is 20.7 Å². The molecule has 4 rings (SSSR count). The summed E-state index contributed by atoms with van der Waals surface area (Å²) in [5.74, 6) is 0.435. The molecule has 0 saturated carbocycles. The van der Waals surface area contributed by atoms with Crippen LogP contribution in [0.2, 0.25) is 0 Å². The molecule has 0 fully saturated rings. The number of carbonyl (C=O) groups is 2. The van der Waals surface area contributed by atoms with Gasteiger partial charge in [-0.2, -0.15) is 4.98 Å². The van der Waals surface area contributed by atoms with Crippen LogP contribution in [0.15, 0.2) is 47.8 Å². The highest BCUT2D eigenvalue weighted by molar-refractivity contribution is 7.15. The van der Waals surface area contributed by atoms with Crippen molar-refractivity contribution in [2.45, 2.75) is 20.8 Å². The van der Waals surface area contributed by atoms with Crippen molar-refractivity contribution in [2.75, 3.05) is 17.2 Å². The van der Waals surface area contributed by atoms with Crippen molar-refractivity contribution in [3.05, 3.63) is 59.0 Å². The predicted molar refractivity (Wildman–Crippen MR) is 121 cm³/mol. The molecule has 4 aromatic rings. The lowest BCUT2D eigenvalue weighted by atomic mass is 10.1. The molecule has 0 spiro atoms. The Morgan fingerprint density at radius 2 is 1.87 bits per heavy atom. The summed E-state index contributed by atoms with van der Waals surface area (Å²) in [5, 5.41) is 11.8. The van der Waals surface area contributed by atoms with Gasteiger partial charge in [0.25, 0.3) is 11.9 Å². The smallest absolute Gasteiger partial charge is 0.264 e. The van der Waals surface area contributed by atoms with E-state index < -0.39 is 0 Å². The Hall–Kier alpha value is -3.72. The number of fused-ring (bicyclic) bond motifs is 1. The Balaban J connectivity index is 1.44.